The standard InChI is InChI=1S/C10H13NO2/c1-10(2)9(12)5-7-6-11-4-3-8(7)13-10/h3-4,6,9,12H,5H2,1-2H3. The number of aliphatic hydroxyl groups excluding tert-OH is 1. The zero-order valence-electron chi connectivity index (χ0n) is 7.82. The molecule has 0 fully saturated rings. The van der Waals surface area contributed by atoms with Gasteiger partial charge >= 0.3 is 0 Å². The van der Waals surface area contributed by atoms with Crippen molar-refractivity contribution in [3.05, 3.63) is 24.0 Å². The summed E-state index contributed by atoms with van der Waals surface area (Å²) in [6.45, 7) is 3.78. The van der Waals surface area contributed by atoms with Crippen LogP contribution in [0.5, 0.6) is 5.75 Å². The molecule has 2 rings (SSSR count). The minimum Gasteiger partial charge on any atom is -0.485 e. The lowest BCUT2D eigenvalue weighted by Crippen LogP contribution is -2.46. The van der Waals surface area contributed by atoms with Crippen LogP contribution in [0.4, 0.5) is 0 Å². The Morgan fingerprint density at radius 1 is 1.62 bits per heavy atom. The number of hydrogen-bond donors (Lipinski definition) is 1. The fourth-order valence-corrected chi connectivity index (χ4v) is 1.47. The van der Waals surface area contributed by atoms with E-state index in [1.807, 2.05) is 19.9 Å². The van der Waals surface area contributed by atoms with Crippen molar-refractivity contribution in [1.82, 2.24) is 4.98 Å². The average molecular weight is 179 g/mol. The van der Waals surface area contributed by atoms with E-state index in [1.165, 1.54) is 0 Å². The van der Waals surface area contributed by atoms with Gasteiger partial charge in [-0.05, 0) is 19.9 Å². The first-order chi connectivity index (χ1) is 6.09. The Hall–Kier alpha value is -1.09. The fraction of sp³-hybridized carbons (Fsp3) is 0.500. The number of aromatic nitrogens is 1. The van der Waals surface area contributed by atoms with Crippen LogP contribution in [0.15, 0.2) is 18.5 Å². The van der Waals surface area contributed by atoms with E-state index in [1.54, 1.807) is 12.4 Å². The Morgan fingerprint density at radius 3 is 3.15 bits per heavy atom. The Balaban J connectivity index is 2.39. The summed E-state index contributed by atoms with van der Waals surface area (Å²) in [7, 11) is 0. The summed E-state index contributed by atoms with van der Waals surface area (Å²) in [4.78, 5) is 3.99. The number of fused-ring (bicyclic) bond motifs is 1. The maximum atomic E-state index is 9.73. The van der Waals surface area contributed by atoms with Crippen LogP contribution >= 0.6 is 0 Å². The number of aliphatic hydroxyl groups is 1. The highest BCUT2D eigenvalue weighted by molar-refractivity contribution is 5.34. The molecule has 13 heavy (non-hydrogen) atoms. The van der Waals surface area contributed by atoms with E-state index in [4.69, 9.17) is 4.74 Å². The van der Waals surface area contributed by atoms with Crippen LogP contribution in [-0.2, 0) is 6.42 Å². The zero-order chi connectivity index (χ0) is 9.47. The Kier molecular flexibility index (Phi) is 1.77. The van der Waals surface area contributed by atoms with Gasteiger partial charge in [0.25, 0.3) is 0 Å². The molecular weight excluding hydrogens is 166 g/mol. The average Bonchev–Trinajstić information content (AvgIpc) is 2.06. The minimum atomic E-state index is -0.492. The van der Waals surface area contributed by atoms with Crippen LogP contribution in [0.2, 0.25) is 0 Å². The molecule has 0 radical (unpaired) electrons. The van der Waals surface area contributed by atoms with E-state index in [2.05, 4.69) is 4.98 Å². The van der Waals surface area contributed by atoms with Gasteiger partial charge in [-0.15, -0.1) is 0 Å². The predicted molar refractivity (Wildman–Crippen MR) is 48.7 cm³/mol. The normalized spacial score (nSPS) is 24.7. The van der Waals surface area contributed by atoms with Gasteiger partial charge in [-0.3, -0.25) is 4.98 Å². The molecule has 0 saturated heterocycles. The summed E-state index contributed by atoms with van der Waals surface area (Å²) in [5.74, 6) is 0.838. The van der Waals surface area contributed by atoms with E-state index >= 15 is 0 Å². The van der Waals surface area contributed by atoms with Gasteiger partial charge in [0.1, 0.15) is 11.4 Å². The molecule has 1 atom stereocenters. The molecule has 2 heterocycles. The Bertz CT molecular complexity index is 322. The van der Waals surface area contributed by atoms with Gasteiger partial charge in [0.2, 0.25) is 0 Å². The Labute approximate surface area is 77.4 Å². The van der Waals surface area contributed by atoms with Crippen molar-refractivity contribution in [3.8, 4) is 5.75 Å². The largest absolute Gasteiger partial charge is 0.485 e. The molecule has 0 bridgehead atoms. The van der Waals surface area contributed by atoms with E-state index in [0.717, 1.165) is 11.3 Å². The van der Waals surface area contributed by atoms with Gasteiger partial charge in [0.05, 0.1) is 6.10 Å². The fourth-order valence-electron chi connectivity index (χ4n) is 1.47. The van der Waals surface area contributed by atoms with E-state index in [0.29, 0.717) is 6.42 Å². The molecule has 3 heteroatoms. The lowest BCUT2D eigenvalue weighted by Gasteiger charge is -2.36. The van der Waals surface area contributed by atoms with Crippen molar-refractivity contribution in [2.75, 3.05) is 0 Å². The molecule has 0 spiro atoms. The summed E-state index contributed by atoms with van der Waals surface area (Å²) in [5, 5.41) is 9.73. The highest BCUT2D eigenvalue weighted by atomic mass is 16.5. The molecular formula is C10H13NO2. The van der Waals surface area contributed by atoms with Crippen molar-refractivity contribution >= 4 is 0 Å². The molecule has 1 unspecified atom stereocenters. The first-order valence-electron chi connectivity index (χ1n) is 4.39. The molecule has 1 aromatic rings. The van der Waals surface area contributed by atoms with Crippen molar-refractivity contribution in [3.63, 3.8) is 0 Å². The molecule has 1 N–H and O–H groups in total. The van der Waals surface area contributed by atoms with Crippen LogP contribution in [0.25, 0.3) is 0 Å². The summed E-state index contributed by atoms with van der Waals surface area (Å²) in [6, 6.07) is 1.84. The first kappa shape index (κ1) is 8.51. The smallest absolute Gasteiger partial charge is 0.129 e. The summed E-state index contributed by atoms with van der Waals surface area (Å²) in [6.07, 6.45) is 3.61. The third-order valence-corrected chi connectivity index (χ3v) is 2.45. The summed E-state index contributed by atoms with van der Waals surface area (Å²) >= 11 is 0. The van der Waals surface area contributed by atoms with Crippen LogP contribution in [0.1, 0.15) is 19.4 Å². The van der Waals surface area contributed by atoms with Crippen LogP contribution in [0.3, 0.4) is 0 Å². The number of rotatable bonds is 0. The third kappa shape index (κ3) is 1.40. The zero-order valence-corrected chi connectivity index (χ0v) is 7.82. The van der Waals surface area contributed by atoms with Gasteiger partial charge in [-0.25, -0.2) is 0 Å². The number of nitrogens with zero attached hydrogens (tertiary/aromatic N) is 1. The van der Waals surface area contributed by atoms with Crippen molar-refractivity contribution < 1.29 is 9.84 Å². The Morgan fingerprint density at radius 2 is 2.38 bits per heavy atom. The maximum absolute atomic E-state index is 9.73. The summed E-state index contributed by atoms with van der Waals surface area (Å²) in [5.41, 5.74) is 0.489. The molecule has 0 amide bonds. The molecule has 1 aliphatic heterocycles. The van der Waals surface area contributed by atoms with Crippen molar-refractivity contribution in [2.24, 2.45) is 0 Å². The SMILES string of the molecule is CC1(C)Oc2ccncc2CC1O. The maximum Gasteiger partial charge on any atom is 0.129 e. The van der Waals surface area contributed by atoms with Crippen LogP contribution in [0, 0.1) is 0 Å². The van der Waals surface area contributed by atoms with E-state index in [9.17, 15) is 5.11 Å². The van der Waals surface area contributed by atoms with Gasteiger partial charge < -0.3 is 9.84 Å². The molecule has 0 aromatic carbocycles. The summed E-state index contributed by atoms with van der Waals surface area (Å²) < 4.78 is 5.64. The predicted octanol–water partition coefficient (Wildman–Crippen LogP) is 1.16. The third-order valence-electron chi connectivity index (χ3n) is 2.45. The highest BCUT2D eigenvalue weighted by Crippen LogP contribution is 2.32. The lowest BCUT2D eigenvalue weighted by atomic mass is 9.92. The topological polar surface area (TPSA) is 42.4 Å². The number of ether oxygens (including phenoxy) is 1. The van der Waals surface area contributed by atoms with Crippen molar-refractivity contribution in [1.29, 1.82) is 0 Å². The molecule has 1 aromatic heterocycles. The molecule has 1 aliphatic rings. The lowest BCUT2D eigenvalue weighted by molar-refractivity contribution is -0.0412. The van der Waals surface area contributed by atoms with Gasteiger partial charge in [-0.2, -0.15) is 0 Å². The second kappa shape index (κ2) is 2.70. The first-order valence-corrected chi connectivity index (χ1v) is 4.39. The number of hydrogen-bond acceptors (Lipinski definition) is 3. The minimum absolute atomic E-state index is 0.454. The quantitative estimate of drug-likeness (QED) is 0.649. The molecule has 70 valence electrons. The van der Waals surface area contributed by atoms with E-state index < -0.39 is 11.7 Å². The molecule has 0 saturated carbocycles. The van der Waals surface area contributed by atoms with Gasteiger partial charge in [0, 0.05) is 24.4 Å². The second-order valence-corrected chi connectivity index (χ2v) is 3.91. The van der Waals surface area contributed by atoms with Crippen molar-refractivity contribution in [2.45, 2.75) is 32.0 Å². The van der Waals surface area contributed by atoms with Gasteiger partial charge in [0.15, 0.2) is 0 Å². The van der Waals surface area contributed by atoms with Crippen LogP contribution < -0.4 is 4.74 Å². The highest BCUT2D eigenvalue weighted by Gasteiger charge is 2.35. The molecule has 0 aliphatic carbocycles. The van der Waals surface area contributed by atoms with Crippen LogP contribution in [-0.4, -0.2) is 21.8 Å². The van der Waals surface area contributed by atoms with Gasteiger partial charge in [-0.1, -0.05) is 0 Å². The second-order valence-electron chi connectivity index (χ2n) is 3.91. The monoisotopic (exact) mass is 179 g/mol. The van der Waals surface area contributed by atoms with E-state index in [-0.39, 0.29) is 0 Å². The number of pyridine rings is 1. The molecule has 3 nitrogen and oxygen atoms in total.